The molecule has 1 amide bonds. The molecule has 28 heavy (non-hydrogen) atoms. The van der Waals surface area contributed by atoms with Gasteiger partial charge in [0.05, 0.1) is 5.56 Å². The van der Waals surface area contributed by atoms with Crippen LogP contribution in [0, 0.1) is 12.7 Å². The van der Waals surface area contributed by atoms with Crippen molar-refractivity contribution in [3.63, 3.8) is 0 Å². The molecule has 0 spiro atoms. The number of halogens is 1. The van der Waals surface area contributed by atoms with Gasteiger partial charge >= 0.3 is 0 Å². The van der Waals surface area contributed by atoms with E-state index >= 15 is 0 Å². The molecule has 0 bridgehead atoms. The SMILES string of the molecule is Cc1ccc(C2CC(=O)Nc3nc(SCc4cccc(F)c4)[nH]c(=O)c32)cc1. The second-order valence-electron chi connectivity index (χ2n) is 6.77. The number of benzene rings is 2. The molecule has 7 heteroatoms. The first-order valence-corrected chi connectivity index (χ1v) is 9.86. The van der Waals surface area contributed by atoms with Crippen LogP contribution in [0.15, 0.2) is 58.5 Å². The van der Waals surface area contributed by atoms with Gasteiger partial charge in [0, 0.05) is 18.1 Å². The van der Waals surface area contributed by atoms with Crippen LogP contribution >= 0.6 is 11.8 Å². The number of aromatic nitrogens is 2. The molecule has 2 heterocycles. The number of nitrogens with one attached hydrogen (secondary N) is 2. The first-order chi connectivity index (χ1) is 13.5. The Hall–Kier alpha value is -2.93. The van der Waals surface area contributed by atoms with E-state index in [4.69, 9.17) is 0 Å². The highest BCUT2D eigenvalue weighted by Gasteiger charge is 2.30. The quantitative estimate of drug-likeness (QED) is 0.518. The number of aromatic amines is 1. The molecule has 142 valence electrons. The average molecular weight is 395 g/mol. The fraction of sp³-hybridized carbons (Fsp3) is 0.190. The maximum Gasteiger partial charge on any atom is 0.257 e. The van der Waals surface area contributed by atoms with Gasteiger partial charge in [0.2, 0.25) is 5.91 Å². The molecule has 0 radical (unpaired) electrons. The van der Waals surface area contributed by atoms with E-state index in [1.807, 2.05) is 37.3 Å². The third kappa shape index (κ3) is 3.84. The number of rotatable bonds is 4. The summed E-state index contributed by atoms with van der Waals surface area (Å²) in [6.45, 7) is 1.99. The minimum Gasteiger partial charge on any atom is -0.310 e. The second-order valence-corrected chi connectivity index (χ2v) is 7.73. The third-order valence-electron chi connectivity index (χ3n) is 4.67. The van der Waals surface area contributed by atoms with E-state index in [1.54, 1.807) is 6.07 Å². The van der Waals surface area contributed by atoms with E-state index in [0.717, 1.165) is 16.7 Å². The zero-order valence-corrected chi connectivity index (χ0v) is 16.0. The second kappa shape index (κ2) is 7.59. The molecule has 0 fully saturated rings. The summed E-state index contributed by atoms with van der Waals surface area (Å²) < 4.78 is 13.3. The van der Waals surface area contributed by atoms with Crippen LogP contribution < -0.4 is 10.9 Å². The number of fused-ring (bicyclic) bond motifs is 1. The summed E-state index contributed by atoms with van der Waals surface area (Å²) in [7, 11) is 0. The van der Waals surface area contributed by atoms with Crippen molar-refractivity contribution in [2.75, 3.05) is 5.32 Å². The van der Waals surface area contributed by atoms with Crippen molar-refractivity contribution < 1.29 is 9.18 Å². The normalized spacial score (nSPS) is 15.8. The van der Waals surface area contributed by atoms with Crippen LogP contribution in [-0.2, 0) is 10.5 Å². The Morgan fingerprint density at radius 1 is 1.18 bits per heavy atom. The predicted molar refractivity (Wildman–Crippen MR) is 107 cm³/mol. The molecule has 4 rings (SSSR count). The standard InChI is InChI=1S/C21H18FN3O2S/c1-12-5-7-14(8-6-12)16-10-17(26)23-19-18(16)20(27)25-21(24-19)28-11-13-3-2-4-15(22)9-13/h2-9,16H,10-11H2,1H3,(H2,23,24,25,26,27). The Kier molecular flexibility index (Phi) is 5.00. The lowest BCUT2D eigenvalue weighted by Gasteiger charge is -2.24. The van der Waals surface area contributed by atoms with Crippen LogP contribution in [0.4, 0.5) is 10.2 Å². The van der Waals surface area contributed by atoms with Crippen molar-refractivity contribution in [3.05, 3.63) is 87.0 Å². The summed E-state index contributed by atoms with van der Waals surface area (Å²) in [5.41, 5.74) is 3.01. The Labute approximate surface area is 165 Å². The minimum absolute atomic E-state index is 0.169. The van der Waals surface area contributed by atoms with Gasteiger partial charge in [-0.25, -0.2) is 9.37 Å². The van der Waals surface area contributed by atoms with Gasteiger partial charge in [-0.2, -0.15) is 0 Å². The number of amides is 1. The van der Waals surface area contributed by atoms with E-state index in [9.17, 15) is 14.0 Å². The molecule has 1 aliphatic heterocycles. The Morgan fingerprint density at radius 2 is 1.96 bits per heavy atom. The molecule has 3 aromatic rings. The molecule has 0 saturated carbocycles. The molecule has 1 aliphatic rings. The van der Waals surface area contributed by atoms with E-state index in [1.165, 1.54) is 23.9 Å². The number of hydrogen-bond donors (Lipinski definition) is 2. The number of nitrogens with zero attached hydrogens (tertiary/aromatic N) is 1. The van der Waals surface area contributed by atoms with Crippen LogP contribution in [0.25, 0.3) is 0 Å². The lowest BCUT2D eigenvalue weighted by Crippen LogP contribution is -2.31. The Morgan fingerprint density at radius 3 is 2.71 bits per heavy atom. The first kappa shape index (κ1) is 18.4. The number of hydrogen-bond acceptors (Lipinski definition) is 4. The number of aryl methyl sites for hydroxylation is 1. The van der Waals surface area contributed by atoms with Crippen molar-refractivity contribution in [2.45, 2.75) is 30.2 Å². The first-order valence-electron chi connectivity index (χ1n) is 8.87. The minimum atomic E-state index is -0.331. The molecule has 1 aromatic heterocycles. The highest BCUT2D eigenvalue weighted by Crippen LogP contribution is 2.34. The molecule has 0 saturated heterocycles. The van der Waals surface area contributed by atoms with E-state index in [0.29, 0.717) is 22.3 Å². The zero-order chi connectivity index (χ0) is 19.7. The van der Waals surface area contributed by atoms with Gasteiger partial charge in [-0.1, -0.05) is 53.7 Å². The van der Waals surface area contributed by atoms with Crippen molar-refractivity contribution in [1.29, 1.82) is 0 Å². The molecule has 2 aromatic carbocycles. The maximum absolute atomic E-state index is 13.3. The van der Waals surface area contributed by atoms with E-state index < -0.39 is 0 Å². The van der Waals surface area contributed by atoms with Crippen LogP contribution in [0.2, 0.25) is 0 Å². The summed E-state index contributed by atoms with van der Waals surface area (Å²) >= 11 is 1.28. The largest absolute Gasteiger partial charge is 0.310 e. The highest BCUT2D eigenvalue weighted by molar-refractivity contribution is 7.98. The molecular weight excluding hydrogens is 377 g/mol. The van der Waals surface area contributed by atoms with Crippen LogP contribution in [0.1, 0.15) is 34.6 Å². The number of thioether (sulfide) groups is 1. The zero-order valence-electron chi connectivity index (χ0n) is 15.2. The van der Waals surface area contributed by atoms with Crippen LogP contribution in [0.5, 0.6) is 0 Å². The van der Waals surface area contributed by atoms with Gasteiger partial charge < -0.3 is 10.3 Å². The highest BCUT2D eigenvalue weighted by atomic mass is 32.2. The fourth-order valence-electron chi connectivity index (χ4n) is 3.28. The van der Waals surface area contributed by atoms with Crippen molar-refractivity contribution in [2.24, 2.45) is 0 Å². The molecule has 2 N–H and O–H groups in total. The molecule has 0 aliphatic carbocycles. The monoisotopic (exact) mass is 395 g/mol. The van der Waals surface area contributed by atoms with E-state index in [-0.39, 0.29) is 29.6 Å². The van der Waals surface area contributed by atoms with Crippen molar-refractivity contribution in [3.8, 4) is 0 Å². The Balaban J connectivity index is 1.65. The lowest BCUT2D eigenvalue weighted by atomic mass is 9.86. The Bertz CT molecular complexity index is 1100. The third-order valence-corrected chi connectivity index (χ3v) is 5.62. The van der Waals surface area contributed by atoms with Gasteiger partial charge in [-0.3, -0.25) is 9.59 Å². The molecule has 1 atom stereocenters. The van der Waals surface area contributed by atoms with Gasteiger partial charge in [0.1, 0.15) is 11.6 Å². The summed E-state index contributed by atoms with van der Waals surface area (Å²) in [6.07, 6.45) is 0.205. The number of H-pyrrole nitrogens is 1. The summed E-state index contributed by atoms with van der Waals surface area (Å²) in [5, 5.41) is 3.10. The number of carbonyl (C=O) groups excluding carboxylic acids is 1. The predicted octanol–water partition coefficient (Wildman–Crippen LogP) is 3.98. The summed E-state index contributed by atoms with van der Waals surface area (Å²) in [6, 6.07) is 14.1. The summed E-state index contributed by atoms with van der Waals surface area (Å²) in [5.74, 6) is -0.0555. The van der Waals surface area contributed by atoms with Crippen LogP contribution in [-0.4, -0.2) is 15.9 Å². The molecule has 1 unspecified atom stereocenters. The summed E-state index contributed by atoms with van der Waals surface area (Å²) in [4.78, 5) is 32.2. The van der Waals surface area contributed by atoms with Crippen molar-refractivity contribution in [1.82, 2.24) is 9.97 Å². The van der Waals surface area contributed by atoms with Gasteiger partial charge in [0.15, 0.2) is 5.16 Å². The maximum atomic E-state index is 13.3. The number of carbonyl (C=O) groups is 1. The van der Waals surface area contributed by atoms with Gasteiger partial charge in [-0.05, 0) is 30.2 Å². The topological polar surface area (TPSA) is 74.8 Å². The molecular formula is C21H18FN3O2S. The smallest absolute Gasteiger partial charge is 0.257 e. The van der Waals surface area contributed by atoms with Crippen LogP contribution in [0.3, 0.4) is 0 Å². The van der Waals surface area contributed by atoms with Crippen molar-refractivity contribution >= 4 is 23.5 Å². The molecule has 5 nitrogen and oxygen atoms in total. The lowest BCUT2D eigenvalue weighted by molar-refractivity contribution is -0.116. The van der Waals surface area contributed by atoms with Gasteiger partial charge in [0.25, 0.3) is 5.56 Å². The fourth-order valence-corrected chi connectivity index (χ4v) is 4.08. The number of anilines is 1. The van der Waals surface area contributed by atoms with E-state index in [2.05, 4.69) is 15.3 Å². The van der Waals surface area contributed by atoms with Gasteiger partial charge in [-0.15, -0.1) is 0 Å². The average Bonchev–Trinajstić information content (AvgIpc) is 2.66.